The number of nitrogens with one attached hydrogen (secondary N) is 1. The number of benzene rings is 1. The summed E-state index contributed by atoms with van der Waals surface area (Å²) in [6, 6.07) is 11.7. The highest BCUT2D eigenvalue weighted by atomic mass is 79.9. The molecule has 0 spiro atoms. The molecule has 0 fully saturated rings. The highest BCUT2D eigenvalue weighted by Gasteiger charge is 2.02. The summed E-state index contributed by atoms with van der Waals surface area (Å²) in [5.74, 6) is 0. The SMILES string of the molecule is N=c1nc2ccccn2c2ccc(Br)cc12. The number of aromatic nitrogens is 2. The number of halogens is 1. The van der Waals surface area contributed by atoms with Gasteiger partial charge in [0.25, 0.3) is 0 Å². The molecule has 0 saturated heterocycles. The van der Waals surface area contributed by atoms with Crippen LogP contribution < -0.4 is 5.49 Å². The van der Waals surface area contributed by atoms with Crippen LogP contribution in [0, 0.1) is 5.41 Å². The maximum absolute atomic E-state index is 7.90. The molecule has 3 aromatic rings. The third-order valence-electron chi connectivity index (χ3n) is 2.54. The third kappa shape index (κ3) is 1.34. The molecule has 0 aliphatic carbocycles. The second-order valence-corrected chi connectivity index (χ2v) is 4.47. The summed E-state index contributed by atoms with van der Waals surface area (Å²) in [5.41, 5.74) is 2.10. The molecular weight excluding hydrogens is 266 g/mol. The number of fused-ring (bicyclic) bond motifs is 3. The Morgan fingerprint density at radius 2 is 2.06 bits per heavy atom. The van der Waals surface area contributed by atoms with Gasteiger partial charge >= 0.3 is 0 Å². The lowest BCUT2D eigenvalue weighted by molar-refractivity contribution is 1.07. The van der Waals surface area contributed by atoms with Crippen LogP contribution in [0.1, 0.15) is 0 Å². The van der Waals surface area contributed by atoms with Crippen molar-refractivity contribution in [3.63, 3.8) is 0 Å². The fourth-order valence-corrected chi connectivity index (χ4v) is 2.17. The highest BCUT2D eigenvalue weighted by Crippen LogP contribution is 2.17. The molecular formula is C12H8BrN3. The maximum atomic E-state index is 7.90. The molecule has 0 aliphatic heterocycles. The van der Waals surface area contributed by atoms with Crippen molar-refractivity contribution in [1.29, 1.82) is 5.41 Å². The van der Waals surface area contributed by atoms with Crippen molar-refractivity contribution in [1.82, 2.24) is 9.38 Å². The van der Waals surface area contributed by atoms with Crippen LogP contribution >= 0.6 is 15.9 Å². The molecule has 0 unspecified atom stereocenters. The summed E-state index contributed by atoms with van der Waals surface area (Å²) < 4.78 is 2.95. The molecule has 0 radical (unpaired) electrons. The standard InChI is InChI=1S/C12H8BrN3/c13-8-4-5-10-9(7-8)12(14)15-11-3-1-2-6-16(10)11/h1-7,14H. The molecule has 2 heterocycles. The molecule has 4 heteroatoms. The van der Waals surface area contributed by atoms with Crippen molar-refractivity contribution in [2.75, 3.05) is 0 Å². The second kappa shape index (κ2) is 3.42. The highest BCUT2D eigenvalue weighted by molar-refractivity contribution is 9.10. The minimum atomic E-state index is 0.308. The second-order valence-electron chi connectivity index (χ2n) is 3.55. The molecule has 3 rings (SSSR count). The first kappa shape index (κ1) is 9.54. The van der Waals surface area contributed by atoms with Gasteiger partial charge in [0.15, 0.2) is 5.49 Å². The smallest absolute Gasteiger partial charge is 0.156 e. The van der Waals surface area contributed by atoms with Crippen LogP contribution in [0.2, 0.25) is 0 Å². The molecule has 0 bridgehead atoms. The van der Waals surface area contributed by atoms with Gasteiger partial charge < -0.3 is 4.40 Å². The summed E-state index contributed by atoms with van der Waals surface area (Å²) in [7, 11) is 0. The maximum Gasteiger partial charge on any atom is 0.156 e. The zero-order valence-corrected chi connectivity index (χ0v) is 9.90. The molecule has 0 amide bonds. The van der Waals surface area contributed by atoms with Gasteiger partial charge in [-0.1, -0.05) is 22.0 Å². The van der Waals surface area contributed by atoms with Crippen LogP contribution in [0.5, 0.6) is 0 Å². The molecule has 1 N–H and O–H groups in total. The van der Waals surface area contributed by atoms with Crippen molar-refractivity contribution in [2.45, 2.75) is 0 Å². The first-order valence-corrected chi connectivity index (χ1v) is 5.66. The van der Waals surface area contributed by atoms with Gasteiger partial charge in [-0.15, -0.1) is 0 Å². The summed E-state index contributed by atoms with van der Waals surface area (Å²) in [6.07, 6.45) is 1.96. The molecule has 0 aliphatic rings. The number of pyridine rings is 1. The summed E-state index contributed by atoms with van der Waals surface area (Å²) in [6.45, 7) is 0. The van der Waals surface area contributed by atoms with Crippen LogP contribution in [0.15, 0.2) is 47.1 Å². The topological polar surface area (TPSA) is 41.2 Å². The predicted molar refractivity (Wildman–Crippen MR) is 66.3 cm³/mol. The van der Waals surface area contributed by atoms with Gasteiger partial charge in [0.1, 0.15) is 5.65 Å². The van der Waals surface area contributed by atoms with Crippen molar-refractivity contribution in [2.24, 2.45) is 0 Å². The van der Waals surface area contributed by atoms with E-state index in [1.165, 1.54) is 0 Å². The van der Waals surface area contributed by atoms with Crippen molar-refractivity contribution in [3.8, 4) is 0 Å². The lowest BCUT2D eigenvalue weighted by Crippen LogP contribution is -2.10. The van der Waals surface area contributed by atoms with Crippen LogP contribution in [0.4, 0.5) is 0 Å². The summed E-state index contributed by atoms with van der Waals surface area (Å²) in [4.78, 5) is 4.25. The molecule has 16 heavy (non-hydrogen) atoms. The van der Waals surface area contributed by atoms with Crippen LogP contribution in [-0.2, 0) is 0 Å². The average molecular weight is 274 g/mol. The van der Waals surface area contributed by atoms with Gasteiger partial charge in [-0.05, 0) is 30.3 Å². The lowest BCUT2D eigenvalue weighted by Gasteiger charge is -2.05. The first-order chi connectivity index (χ1) is 7.75. The zero-order chi connectivity index (χ0) is 11.1. The van der Waals surface area contributed by atoms with E-state index in [0.717, 1.165) is 21.0 Å². The van der Waals surface area contributed by atoms with E-state index in [4.69, 9.17) is 5.41 Å². The normalized spacial score (nSPS) is 11.1. The number of hydrogen-bond donors (Lipinski definition) is 1. The molecule has 2 aromatic heterocycles. The Balaban J connectivity index is 2.65. The Bertz CT molecular complexity index is 746. The minimum absolute atomic E-state index is 0.308. The Morgan fingerprint density at radius 3 is 2.94 bits per heavy atom. The Kier molecular flexibility index (Phi) is 2.04. The lowest BCUT2D eigenvalue weighted by atomic mass is 10.2. The molecule has 0 saturated carbocycles. The largest absolute Gasteiger partial charge is 0.301 e. The zero-order valence-electron chi connectivity index (χ0n) is 8.31. The number of rotatable bonds is 0. The van der Waals surface area contributed by atoms with E-state index in [0.29, 0.717) is 5.49 Å². The van der Waals surface area contributed by atoms with E-state index in [1.807, 2.05) is 47.0 Å². The number of nitrogens with zero attached hydrogens (tertiary/aromatic N) is 2. The Hall–Kier alpha value is -1.68. The van der Waals surface area contributed by atoms with E-state index in [-0.39, 0.29) is 0 Å². The van der Waals surface area contributed by atoms with Crippen LogP contribution in [-0.4, -0.2) is 9.38 Å². The van der Waals surface area contributed by atoms with E-state index in [2.05, 4.69) is 20.9 Å². The summed E-state index contributed by atoms with van der Waals surface area (Å²) >= 11 is 3.41. The first-order valence-electron chi connectivity index (χ1n) is 4.87. The van der Waals surface area contributed by atoms with Gasteiger partial charge in [-0.3, -0.25) is 5.41 Å². The van der Waals surface area contributed by atoms with Gasteiger partial charge in [0.2, 0.25) is 0 Å². The van der Waals surface area contributed by atoms with E-state index < -0.39 is 0 Å². The monoisotopic (exact) mass is 273 g/mol. The summed E-state index contributed by atoms with van der Waals surface area (Å²) in [5, 5.41) is 8.74. The molecule has 78 valence electrons. The van der Waals surface area contributed by atoms with Crippen molar-refractivity contribution in [3.05, 3.63) is 52.6 Å². The van der Waals surface area contributed by atoms with Gasteiger partial charge in [0, 0.05) is 16.1 Å². The number of hydrogen-bond acceptors (Lipinski definition) is 2. The Labute approximate surface area is 100 Å². The molecule has 3 nitrogen and oxygen atoms in total. The van der Waals surface area contributed by atoms with Crippen LogP contribution in [0.3, 0.4) is 0 Å². The quantitative estimate of drug-likeness (QED) is 0.629. The minimum Gasteiger partial charge on any atom is -0.301 e. The molecule has 1 aromatic carbocycles. The molecule has 0 atom stereocenters. The van der Waals surface area contributed by atoms with Gasteiger partial charge in [-0.2, -0.15) is 0 Å². The van der Waals surface area contributed by atoms with E-state index in [9.17, 15) is 0 Å². The third-order valence-corrected chi connectivity index (χ3v) is 3.03. The van der Waals surface area contributed by atoms with Crippen molar-refractivity contribution < 1.29 is 0 Å². The van der Waals surface area contributed by atoms with E-state index >= 15 is 0 Å². The fourth-order valence-electron chi connectivity index (χ4n) is 1.81. The van der Waals surface area contributed by atoms with Crippen LogP contribution in [0.25, 0.3) is 16.6 Å². The van der Waals surface area contributed by atoms with Gasteiger partial charge in [0.05, 0.1) is 5.52 Å². The van der Waals surface area contributed by atoms with E-state index in [1.54, 1.807) is 0 Å². The average Bonchev–Trinajstić information content (AvgIpc) is 2.29. The van der Waals surface area contributed by atoms with Gasteiger partial charge in [-0.25, -0.2) is 4.98 Å². The van der Waals surface area contributed by atoms with Crippen molar-refractivity contribution >= 4 is 32.5 Å². The fraction of sp³-hybridized carbons (Fsp3) is 0. The Morgan fingerprint density at radius 1 is 1.19 bits per heavy atom. The predicted octanol–water partition coefficient (Wildman–Crippen LogP) is 2.73.